The zero-order valence-corrected chi connectivity index (χ0v) is 18.6. The third kappa shape index (κ3) is 4.86. The molecule has 0 radical (unpaired) electrons. The van der Waals surface area contributed by atoms with E-state index >= 15 is 0 Å². The second-order valence-electron chi connectivity index (χ2n) is 9.12. The molecule has 2 aromatic carbocycles. The van der Waals surface area contributed by atoms with Gasteiger partial charge in [-0.25, -0.2) is 9.18 Å². The molecule has 4 rings (SSSR count). The van der Waals surface area contributed by atoms with Crippen molar-refractivity contribution in [2.24, 2.45) is 0 Å². The molecule has 2 fully saturated rings. The summed E-state index contributed by atoms with van der Waals surface area (Å²) in [4.78, 5) is 25.3. The SMILES string of the molecule is O=C(O)c1ccc(CCN2C(=O)CC[C@@H]2/C=C/C(O)C2(c3ccccc3F)CCCC2)cc1. The largest absolute Gasteiger partial charge is 0.478 e. The third-order valence-electron chi connectivity index (χ3n) is 7.20. The molecule has 1 amide bonds. The van der Waals surface area contributed by atoms with Gasteiger partial charge in [0.15, 0.2) is 0 Å². The van der Waals surface area contributed by atoms with Crippen molar-refractivity contribution in [3.63, 3.8) is 0 Å². The number of nitrogens with zero attached hydrogens (tertiary/aromatic N) is 1. The lowest BCUT2D eigenvalue weighted by molar-refractivity contribution is -0.128. The lowest BCUT2D eigenvalue weighted by Crippen LogP contribution is -2.38. The maximum Gasteiger partial charge on any atom is 0.335 e. The molecule has 2 aromatic rings. The van der Waals surface area contributed by atoms with Crippen LogP contribution < -0.4 is 0 Å². The van der Waals surface area contributed by atoms with E-state index in [1.165, 1.54) is 6.07 Å². The van der Waals surface area contributed by atoms with Crippen molar-refractivity contribution in [3.05, 3.63) is 83.2 Å². The van der Waals surface area contributed by atoms with Gasteiger partial charge in [-0.2, -0.15) is 0 Å². The number of carboxylic acids is 1. The van der Waals surface area contributed by atoms with Gasteiger partial charge in [-0.05, 0) is 55.0 Å². The summed E-state index contributed by atoms with van der Waals surface area (Å²) in [6.45, 7) is 0.523. The van der Waals surface area contributed by atoms with Gasteiger partial charge < -0.3 is 15.1 Å². The Bertz CT molecular complexity index is 1030. The van der Waals surface area contributed by atoms with Crippen LogP contribution in [0.2, 0.25) is 0 Å². The fraction of sp³-hybridized carbons (Fsp3) is 0.407. The highest BCUT2D eigenvalue weighted by molar-refractivity contribution is 5.87. The van der Waals surface area contributed by atoms with E-state index in [2.05, 4.69) is 0 Å². The first-order valence-electron chi connectivity index (χ1n) is 11.6. The van der Waals surface area contributed by atoms with Crippen molar-refractivity contribution in [1.29, 1.82) is 0 Å². The van der Waals surface area contributed by atoms with Crippen molar-refractivity contribution in [2.45, 2.75) is 62.5 Å². The van der Waals surface area contributed by atoms with Crippen LogP contribution in [0.1, 0.15) is 60.0 Å². The molecule has 0 aromatic heterocycles. The molecule has 0 bridgehead atoms. The molecule has 1 aliphatic heterocycles. The molecule has 1 heterocycles. The second kappa shape index (κ2) is 9.87. The topological polar surface area (TPSA) is 77.8 Å². The van der Waals surface area contributed by atoms with E-state index in [0.29, 0.717) is 31.4 Å². The first-order valence-corrected chi connectivity index (χ1v) is 11.6. The van der Waals surface area contributed by atoms with E-state index in [-0.39, 0.29) is 23.3 Å². The molecular weight excluding hydrogens is 421 g/mol. The van der Waals surface area contributed by atoms with Gasteiger partial charge in [-0.3, -0.25) is 4.79 Å². The van der Waals surface area contributed by atoms with Gasteiger partial charge >= 0.3 is 5.97 Å². The number of benzene rings is 2. The molecule has 1 saturated heterocycles. The molecule has 5 nitrogen and oxygen atoms in total. The van der Waals surface area contributed by atoms with Crippen LogP contribution in [-0.4, -0.2) is 45.7 Å². The Morgan fingerprint density at radius 1 is 1.15 bits per heavy atom. The van der Waals surface area contributed by atoms with E-state index in [0.717, 1.165) is 31.2 Å². The van der Waals surface area contributed by atoms with E-state index in [1.807, 2.05) is 17.0 Å². The first kappa shape index (κ1) is 23.2. The van der Waals surface area contributed by atoms with Crippen LogP contribution in [0.25, 0.3) is 0 Å². The van der Waals surface area contributed by atoms with Gasteiger partial charge in [0, 0.05) is 18.4 Å². The third-order valence-corrected chi connectivity index (χ3v) is 7.20. The molecule has 2 N–H and O–H groups in total. The molecule has 1 unspecified atom stereocenters. The fourth-order valence-corrected chi connectivity index (χ4v) is 5.32. The lowest BCUT2D eigenvalue weighted by atomic mass is 9.73. The second-order valence-corrected chi connectivity index (χ2v) is 9.12. The molecule has 2 aliphatic rings. The molecule has 174 valence electrons. The zero-order valence-electron chi connectivity index (χ0n) is 18.6. The maximum atomic E-state index is 14.6. The number of amides is 1. The summed E-state index contributed by atoms with van der Waals surface area (Å²) in [5.41, 5.74) is 1.15. The van der Waals surface area contributed by atoms with Gasteiger partial charge in [0.1, 0.15) is 5.82 Å². The van der Waals surface area contributed by atoms with Crippen molar-refractivity contribution in [3.8, 4) is 0 Å². The summed E-state index contributed by atoms with van der Waals surface area (Å²) in [6, 6.07) is 13.3. The van der Waals surface area contributed by atoms with Crippen LogP contribution in [0.3, 0.4) is 0 Å². The highest BCUT2D eigenvalue weighted by Crippen LogP contribution is 2.45. The molecule has 1 saturated carbocycles. The van der Waals surface area contributed by atoms with Crippen LogP contribution >= 0.6 is 0 Å². The van der Waals surface area contributed by atoms with Gasteiger partial charge in [-0.1, -0.05) is 55.3 Å². The van der Waals surface area contributed by atoms with Crippen molar-refractivity contribution < 1.29 is 24.2 Å². The zero-order chi connectivity index (χ0) is 23.4. The highest BCUT2D eigenvalue weighted by atomic mass is 19.1. The number of carboxylic acid groups (broad SMARTS) is 1. The van der Waals surface area contributed by atoms with E-state index in [9.17, 15) is 19.1 Å². The van der Waals surface area contributed by atoms with Crippen molar-refractivity contribution in [1.82, 2.24) is 4.90 Å². The molecule has 1 aliphatic carbocycles. The average Bonchev–Trinajstić information content (AvgIpc) is 3.44. The molecular formula is C27H30FNO4. The Morgan fingerprint density at radius 2 is 1.85 bits per heavy atom. The fourth-order valence-electron chi connectivity index (χ4n) is 5.32. The molecule has 6 heteroatoms. The molecule has 33 heavy (non-hydrogen) atoms. The number of rotatable bonds is 8. The minimum absolute atomic E-state index is 0.0750. The Kier molecular flexibility index (Phi) is 6.94. The number of carbonyl (C=O) groups excluding carboxylic acids is 1. The minimum Gasteiger partial charge on any atom is -0.478 e. The summed E-state index contributed by atoms with van der Waals surface area (Å²) < 4.78 is 14.6. The van der Waals surface area contributed by atoms with Gasteiger partial charge in [0.25, 0.3) is 0 Å². The van der Waals surface area contributed by atoms with Crippen molar-refractivity contribution >= 4 is 11.9 Å². The Morgan fingerprint density at radius 3 is 2.52 bits per heavy atom. The van der Waals surface area contributed by atoms with E-state index in [4.69, 9.17) is 5.11 Å². The van der Waals surface area contributed by atoms with E-state index in [1.54, 1.807) is 42.5 Å². The number of hydrogen-bond donors (Lipinski definition) is 2. The summed E-state index contributed by atoms with van der Waals surface area (Å²) in [7, 11) is 0. The van der Waals surface area contributed by atoms with Crippen LogP contribution in [0.15, 0.2) is 60.7 Å². The molecule has 0 spiro atoms. The highest BCUT2D eigenvalue weighted by Gasteiger charge is 2.43. The van der Waals surface area contributed by atoms with Gasteiger partial charge in [0.05, 0.1) is 17.7 Å². The summed E-state index contributed by atoms with van der Waals surface area (Å²) in [5.74, 6) is -1.17. The normalized spacial score (nSPS) is 21.1. The van der Waals surface area contributed by atoms with Gasteiger partial charge in [-0.15, -0.1) is 0 Å². The summed E-state index contributed by atoms with van der Waals surface area (Å²) in [5, 5.41) is 20.2. The van der Waals surface area contributed by atoms with Gasteiger partial charge in [0.2, 0.25) is 5.91 Å². The number of aliphatic hydroxyl groups excluding tert-OH is 1. The van der Waals surface area contributed by atoms with Crippen LogP contribution in [0, 0.1) is 5.82 Å². The predicted molar refractivity (Wildman–Crippen MR) is 124 cm³/mol. The Balaban J connectivity index is 1.45. The number of carbonyl (C=O) groups is 2. The predicted octanol–water partition coefficient (Wildman–Crippen LogP) is 4.49. The Hall–Kier alpha value is -2.99. The summed E-state index contributed by atoms with van der Waals surface area (Å²) >= 11 is 0. The molecule has 2 atom stereocenters. The number of hydrogen-bond acceptors (Lipinski definition) is 3. The quantitative estimate of drug-likeness (QED) is 0.580. The van der Waals surface area contributed by atoms with Crippen LogP contribution in [0.5, 0.6) is 0 Å². The number of halogens is 1. The first-order chi connectivity index (χ1) is 15.9. The monoisotopic (exact) mass is 451 g/mol. The van der Waals surface area contributed by atoms with Crippen LogP contribution in [-0.2, 0) is 16.6 Å². The summed E-state index contributed by atoms with van der Waals surface area (Å²) in [6.07, 6.45) is 7.99. The Labute approximate surface area is 193 Å². The lowest BCUT2D eigenvalue weighted by Gasteiger charge is -2.34. The van der Waals surface area contributed by atoms with Crippen LogP contribution in [0.4, 0.5) is 4.39 Å². The maximum absolute atomic E-state index is 14.6. The number of aliphatic hydroxyl groups is 1. The van der Waals surface area contributed by atoms with E-state index < -0.39 is 17.5 Å². The average molecular weight is 452 g/mol. The standard InChI is InChI=1S/C27H30FNO4/c28-23-6-2-1-5-22(23)27(16-3-4-17-27)24(30)13-11-21-12-14-25(31)29(21)18-15-19-7-9-20(10-8-19)26(32)33/h1-2,5-11,13,21,24,30H,3-4,12,14-18H2,(H,32,33)/b13-11+/t21-,24?/m0/s1. The number of likely N-dealkylation sites (tertiary alicyclic amines) is 1. The number of aromatic carboxylic acids is 1. The minimum atomic E-state index is -0.963. The smallest absolute Gasteiger partial charge is 0.335 e. The van der Waals surface area contributed by atoms with Crippen molar-refractivity contribution in [2.75, 3.05) is 6.54 Å².